The molecule has 12 nitrogen and oxygen atoms in total. The molecule has 4 aromatic rings. The summed E-state index contributed by atoms with van der Waals surface area (Å²) in [6.45, 7) is 5.16. The van der Waals surface area contributed by atoms with Crippen molar-refractivity contribution in [3.8, 4) is 11.3 Å². The number of aromatic amines is 1. The fourth-order valence-electron chi connectivity index (χ4n) is 4.23. The van der Waals surface area contributed by atoms with Crippen LogP contribution in [0, 0.1) is 11.6 Å². The monoisotopic (exact) mass is 679 g/mol. The second kappa shape index (κ2) is 15.0. The molecule has 0 bridgehead atoms. The Hall–Kier alpha value is -5.14. The Morgan fingerprint density at radius 1 is 0.936 bits per heavy atom. The van der Waals surface area contributed by atoms with Gasteiger partial charge in [-0.1, -0.05) is 0 Å². The lowest BCUT2D eigenvalue weighted by molar-refractivity contribution is -0.193. The van der Waals surface area contributed by atoms with E-state index in [1.54, 1.807) is 11.1 Å². The van der Waals surface area contributed by atoms with E-state index in [2.05, 4.69) is 31.9 Å². The number of carbonyl (C=O) groups is 3. The molecule has 3 N–H and O–H groups in total. The highest BCUT2D eigenvalue weighted by Gasteiger charge is 2.39. The zero-order valence-corrected chi connectivity index (χ0v) is 24.1. The molecule has 1 aliphatic rings. The van der Waals surface area contributed by atoms with Crippen molar-refractivity contribution in [2.45, 2.75) is 25.3 Å². The van der Waals surface area contributed by atoms with Crippen molar-refractivity contribution in [2.24, 2.45) is 0 Å². The Kier molecular flexibility index (Phi) is 11.6. The third-order valence-electron chi connectivity index (χ3n) is 6.51. The SMILES string of the molecule is CC(CN1CCN(C(=O)c2ccc(F)cc2F)CC1)n1cc(-c2ncnc3[nH]ccc23)cn1.O=C(O)C(F)(F)F.O=C(O)C(F)(F)F. The summed E-state index contributed by atoms with van der Waals surface area (Å²) < 4.78 is 92.5. The molecule has 3 aromatic heterocycles. The zero-order valence-electron chi connectivity index (χ0n) is 24.1. The van der Waals surface area contributed by atoms with Crippen LogP contribution in [0.5, 0.6) is 0 Å². The fraction of sp³-hybridized carbons (Fsp3) is 0.333. The number of carboxylic acids is 2. The number of piperazine rings is 1. The molecule has 20 heteroatoms. The van der Waals surface area contributed by atoms with Gasteiger partial charge in [0.2, 0.25) is 0 Å². The van der Waals surface area contributed by atoms with Gasteiger partial charge in [-0.3, -0.25) is 14.4 Å². The predicted octanol–water partition coefficient (Wildman–Crippen LogP) is 4.39. The maximum Gasteiger partial charge on any atom is 0.490 e. The highest BCUT2D eigenvalue weighted by Crippen LogP contribution is 2.25. The molecule has 0 aliphatic carbocycles. The molecule has 254 valence electrons. The van der Waals surface area contributed by atoms with Crippen molar-refractivity contribution in [1.29, 1.82) is 0 Å². The minimum Gasteiger partial charge on any atom is -0.475 e. The number of aliphatic carboxylic acids is 2. The largest absolute Gasteiger partial charge is 0.490 e. The van der Waals surface area contributed by atoms with Crippen LogP contribution in [0.1, 0.15) is 23.3 Å². The fourth-order valence-corrected chi connectivity index (χ4v) is 4.23. The Bertz CT molecular complexity index is 1670. The van der Waals surface area contributed by atoms with Crippen molar-refractivity contribution in [1.82, 2.24) is 34.5 Å². The van der Waals surface area contributed by atoms with E-state index in [0.29, 0.717) is 26.2 Å². The van der Waals surface area contributed by atoms with Crippen molar-refractivity contribution < 1.29 is 59.7 Å². The first-order valence-electron chi connectivity index (χ1n) is 13.3. The Morgan fingerprint density at radius 2 is 1.53 bits per heavy atom. The molecule has 1 saturated heterocycles. The molecule has 5 rings (SSSR count). The number of nitrogens with one attached hydrogen (secondary N) is 1. The molecule has 0 radical (unpaired) electrons. The van der Waals surface area contributed by atoms with E-state index in [1.165, 1.54) is 12.4 Å². The number of carbonyl (C=O) groups excluding carboxylic acids is 1. The van der Waals surface area contributed by atoms with Crippen molar-refractivity contribution in [3.05, 3.63) is 66.4 Å². The number of fused-ring (bicyclic) bond motifs is 1. The topological polar surface area (TPSA) is 158 Å². The average Bonchev–Trinajstić information content (AvgIpc) is 3.67. The summed E-state index contributed by atoms with van der Waals surface area (Å²) in [6, 6.07) is 5.11. The minimum atomic E-state index is -5.08. The molecule has 1 aliphatic heterocycles. The highest BCUT2D eigenvalue weighted by molar-refractivity contribution is 5.94. The number of alkyl halides is 6. The van der Waals surface area contributed by atoms with E-state index < -0.39 is 41.8 Å². The van der Waals surface area contributed by atoms with Crippen LogP contribution in [0.15, 0.2) is 49.2 Å². The van der Waals surface area contributed by atoms with Crippen LogP contribution in [-0.2, 0) is 9.59 Å². The van der Waals surface area contributed by atoms with Crippen LogP contribution in [0.25, 0.3) is 22.3 Å². The molecular formula is C27H25F8N7O5. The van der Waals surface area contributed by atoms with Crippen LogP contribution in [0.2, 0.25) is 0 Å². The lowest BCUT2D eigenvalue weighted by atomic mass is 10.1. The molecular weight excluding hydrogens is 654 g/mol. The van der Waals surface area contributed by atoms with Crippen LogP contribution in [0.3, 0.4) is 0 Å². The van der Waals surface area contributed by atoms with Gasteiger partial charge in [0.1, 0.15) is 23.6 Å². The van der Waals surface area contributed by atoms with E-state index in [1.807, 2.05) is 23.1 Å². The number of aromatic nitrogens is 5. The summed E-state index contributed by atoms with van der Waals surface area (Å²) in [5.74, 6) is -7.44. The van der Waals surface area contributed by atoms with Gasteiger partial charge in [-0.2, -0.15) is 31.4 Å². The summed E-state index contributed by atoms with van der Waals surface area (Å²) in [5, 5.41) is 19.7. The van der Waals surface area contributed by atoms with Gasteiger partial charge in [0, 0.05) is 62.1 Å². The minimum absolute atomic E-state index is 0.0939. The van der Waals surface area contributed by atoms with Crippen LogP contribution < -0.4 is 0 Å². The quantitative estimate of drug-likeness (QED) is 0.261. The van der Waals surface area contributed by atoms with Gasteiger partial charge in [-0.15, -0.1) is 0 Å². The third kappa shape index (κ3) is 9.92. The summed E-state index contributed by atoms with van der Waals surface area (Å²) >= 11 is 0. The molecule has 1 amide bonds. The van der Waals surface area contributed by atoms with E-state index in [9.17, 15) is 39.9 Å². The van der Waals surface area contributed by atoms with Gasteiger partial charge >= 0.3 is 24.3 Å². The van der Waals surface area contributed by atoms with Gasteiger partial charge in [-0.25, -0.2) is 28.3 Å². The van der Waals surface area contributed by atoms with Crippen LogP contribution >= 0.6 is 0 Å². The first-order chi connectivity index (χ1) is 21.9. The number of benzene rings is 1. The molecule has 4 heterocycles. The van der Waals surface area contributed by atoms with E-state index >= 15 is 0 Å². The molecule has 1 fully saturated rings. The lowest BCUT2D eigenvalue weighted by Crippen LogP contribution is -2.49. The zero-order chi connectivity index (χ0) is 35.1. The van der Waals surface area contributed by atoms with Crippen molar-refractivity contribution in [2.75, 3.05) is 32.7 Å². The summed E-state index contributed by atoms with van der Waals surface area (Å²) in [6.07, 6.45) is -3.01. The van der Waals surface area contributed by atoms with E-state index in [0.717, 1.165) is 41.0 Å². The standard InChI is InChI=1S/C23H23F2N7O.2C2HF3O2/c1-15(32-13-16(11-29-32)21-19-4-5-26-22(19)28-14-27-21)12-30-6-8-31(9-7-30)23(33)18-3-2-17(24)10-20(18)25;2*3-2(4,5)1(6)7/h2-5,10-11,13-15H,6-9,12H2,1H3,(H,26,27,28);2*(H,6,7). The maximum absolute atomic E-state index is 14.0. The molecule has 0 spiro atoms. The molecule has 0 saturated carbocycles. The van der Waals surface area contributed by atoms with Crippen LogP contribution in [0.4, 0.5) is 35.1 Å². The number of nitrogens with zero attached hydrogens (tertiary/aromatic N) is 6. The van der Waals surface area contributed by atoms with E-state index in [4.69, 9.17) is 19.8 Å². The van der Waals surface area contributed by atoms with Crippen LogP contribution in [-0.4, -0.2) is 108 Å². The van der Waals surface area contributed by atoms with Gasteiger partial charge in [0.25, 0.3) is 5.91 Å². The Morgan fingerprint density at radius 3 is 2.09 bits per heavy atom. The maximum atomic E-state index is 14.0. The molecule has 1 aromatic carbocycles. The number of halogens is 8. The Labute approximate surface area is 259 Å². The third-order valence-corrected chi connectivity index (χ3v) is 6.51. The molecule has 1 atom stereocenters. The lowest BCUT2D eigenvalue weighted by Gasteiger charge is -2.36. The van der Waals surface area contributed by atoms with Crippen molar-refractivity contribution in [3.63, 3.8) is 0 Å². The number of carboxylic acid groups (broad SMARTS) is 2. The number of hydrogen-bond acceptors (Lipinski definition) is 7. The smallest absolute Gasteiger partial charge is 0.475 e. The number of amides is 1. The van der Waals surface area contributed by atoms with Gasteiger partial charge in [0.05, 0.1) is 23.5 Å². The second-order valence-corrected chi connectivity index (χ2v) is 9.84. The normalized spacial score (nSPS) is 14.4. The van der Waals surface area contributed by atoms with Gasteiger partial charge < -0.3 is 20.1 Å². The second-order valence-electron chi connectivity index (χ2n) is 9.84. The predicted molar refractivity (Wildman–Crippen MR) is 146 cm³/mol. The molecule has 1 unspecified atom stereocenters. The van der Waals surface area contributed by atoms with Crippen molar-refractivity contribution >= 4 is 28.9 Å². The van der Waals surface area contributed by atoms with Gasteiger partial charge in [-0.05, 0) is 25.1 Å². The number of hydrogen-bond donors (Lipinski definition) is 3. The average molecular weight is 680 g/mol. The number of H-pyrrole nitrogens is 1. The Balaban J connectivity index is 0.000000360. The summed E-state index contributed by atoms with van der Waals surface area (Å²) in [7, 11) is 0. The summed E-state index contributed by atoms with van der Waals surface area (Å²) in [5.41, 5.74) is 2.45. The van der Waals surface area contributed by atoms with E-state index in [-0.39, 0.29) is 11.6 Å². The number of rotatable bonds is 5. The van der Waals surface area contributed by atoms with Gasteiger partial charge in [0.15, 0.2) is 0 Å². The molecule has 47 heavy (non-hydrogen) atoms. The highest BCUT2D eigenvalue weighted by atomic mass is 19.4. The summed E-state index contributed by atoms with van der Waals surface area (Å²) in [4.78, 5) is 46.0. The first-order valence-corrected chi connectivity index (χ1v) is 13.3. The first kappa shape index (κ1) is 36.3.